The lowest BCUT2D eigenvalue weighted by molar-refractivity contribution is 0.0876. The summed E-state index contributed by atoms with van der Waals surface area (Å²) >= 11 is 0. The van der Waals surface area contributed by atoms with Crippen molar-refractivity contribution in [2.75, 3.05) is 37.5 Å². The van der Waals surface area contributed by atoms with E-state index in [0.29, 0.717) is 6.04 Å². The zero-order valence-electron chi connectivity index (χ0n) is 10.1. The van der Waals surface area contributed by atoms with E-state index in [2.05, 4.69) is 48.6 Å². The summed E-state index contributed by atoms with van der Waals surface area (Å²) in [5, 5.41) is 3.56. The van der Waals surface area contributed by atoms with E-state index in [-0.39, 0.29) is 0 Å². The standard InChI is InChI=1S/C13H20N2O/c1-15(2)13-8-4-3-7-12(13)14-11-6-5-9-16-10-11/h3-4,7-8,11,14H,5-6,9-10H2,1-2H3. The fraction of sp³-hybridized carbons (Fsp3) is 0.538. The number of benzene rings is 1. The highest BCUT2D eigenvalue weighted by atomic mass is 16.5. The average Bonchev–Trinajstić information content (AvgIpc) is 2.31. The van der Waals surface area contributed by atoms with E-state index in [1.54, 1.807) is 0 Å². The van der Waals surface area contributed by atoms with Gasteiger partial charge in [-0.15, -0.1) is 0 Å². The highest BCUT2D eigenvalue weighted by molar-refractivity contribution is 5.69. The van der Waals surface area contributed by atoms with E-state index < -0.39 is 0 Å². The predicted molar refractivity (Wildman–Crippen MR) is 68.2 cm³/mol. The Morgan fingerprint density at radius 1 is 1.31 bits per heavy atom. The summed E-state index contributed by atoms with van der Waals surface area (Å²) in [5.74, 6) is 0. The summed E-state index contributed by atoms with van der Waals surface area (Å²) in [6.07, 6.45) is 2.35. The van der Waals surface area contributed by atoms with Crippen molar-refractivity contribution in [2.24, 2.45) is 0 Å². The number of rotatable bonds is 3. The van der Waals surface area contributed by atoms with Crippen molar-refractivity contribution < 1.29 is 4.74 Å². The van der Waals surface area contributed by atoms with Crippen LogP contribution < -0.4 is 10.2 Å². The third kappa shape index (κ3) is 2.67. The molecular weight excluding hydrogens is 200 g/mol. The Kier molecular flexibility index (Phi) is 3.67. The van der Waals surface area contributed by atoms with Gasteiger partial charge in [-0.1, -0.05) is 12.1 Å². The minimum absolute atomic E-state index is 0.454. The van der Waals surface area contributed by atoms with Gasteiger partial charge in [0.2, 0.25) is 0 Å². The van der Waals surface area contributed by atoms with Gasteiger partial charge in [0, 0.05) is 26.7 Å². The normalized spacial score (nSPS) is 20.5. The largest absolute Gasteiger partial charge is 0.379 e. The molecule has 0 saturated carbocycles. The van der Waals surface area contributed by atoms with Gasteiger partial charge in [-0.25, -0.2) is 0 Å². The molecule has 0 bridgehead atoms. The number of hydrogen-bond acceptors (Lipinski definition) is 3. The first-order chi connectivity index (χ1) is 7.77. The minimum atomic E-state index is 0.454. The topological polar surface area (TPSA) is 24.5 Å². The second-order valence-corrected chi connectivity index (χ2v) is 4.47. The molecule has 1 aliphatic heterocycles. The van der Waals surface area contributed by atoms with Crippen molar-refractivity contribution in [1.29, 1.82) is 0 Å². The molecule has 88 valence electrons. The summed E-state index contributed by atoms with van der Waals surface area (Å²) in [6.45, 7) is 1.73. The van der Waals surface area contributed by atoms with Gasteiger partial charge in [0.05, 0.1) is 18.0 Å². The van der Waals surface area contributed by atoms with Crippen molar-refractivity contribution in [3.8, 4) is 0 Å². The van der Waals surface area contributed by atoms with Crippen molar-refractivity contribution in [3.63, 3.8) is 0 Å². The quantitative estimate of drug-likeness (QED) is 0.846. The van der Waals surface area contributed by atoms with Gasteiger partial charge >= 0.3 is 0 Å². The van der Waals surface area contributed by atoms with Crippen LogP contribution in [0.1, 0.15) is 12.8 Å². The smallest absolute Gasteiger partial charge is 0.0667 e. The van der Waals surface area contributed by atoms with Gasteiger partial charge in [0.1, 0.15) is 0 Å². The molecule has 2 rings (SSSR count). The number of nitrogens with zero attached hydrogens (tertiary/aromatic N) is 1. The van der Waals surface area contributed by atoms with Gasteiger partial charge in [-0.2, -0.15) is 0 Å². The highest BCUT2D eigenvalue weighted by Gasteiger charge is 2.14. The third-order valence-electron chi connectivity index (χ3n) is 2.91. The summed E-state index contributed by atoms with van der Waals surface area (Å²) in [4.78, 5) is 2.13. The second kappa shape index (κ2) is 5.21. The molecule has 1 aromatic carbocycles. The lowest BCUT2D eigenvalue weighted by Gasteiger charge is -2.26. The van der Waals surface area contributed by atoms with Crippen LogP contribution >= 0.6 is 0 Å². The molecule has 1 saturated heterocycles. The van der Waals surface area contributed by atoms with Crippen molar-refractivity contribution in [2.45, 2.75) is 18.9 Å². The summed E-state index contributed by atoms with van der Waals surface area (Å²) in [5.41, 5.74) is 2.43. The third-order valence-corrected chi connectivity index (χ3v) is 2.91. The van der Waals surface area contributed by atoms with Crippen LogP contribution in [0, 0.1) is 0 Å². The molecule has 0 radical (unpaired) electrons. The summed E-state index contributed by atoms with van der Waals surface area (Å²) in [7, 11) is 4.13. The molecule has 1 N–H and O–H groups in total. The molecule has 0 spiro atoms. The van der Waals surface area contributed by atoms with Gasteiger partial charge in [-0.05, 0) is 25.0 Å². The molecule has 0 aromatic heterocycles. The lowest BCUT2D eigenvalue weighted by atomic mass is 10.1. The number of anilines is 2. The van der Waals surface area contributed by atoms with E-state index in [9.17, 15) is 0 Å². The maximum absolute atomic E-state index is 5.48. The number of nitrogens with one attached hydrogen (secondary N) is 1. The Labute approximate surface area is 97.4 Å². The monoisotopic (exact) mass is 220 g/mol. The molecule has 3 nitrogen and oxygen atoms in total. The first-order valence-corrected chi connectivity index (χ1v) is 5.88. The highest BCUT2D eigenvalue weighted by Crippen LogP contribution is 2.25. The molecule has 16 heavy (non-hydrogen) atoms. The number of ether oxygens (including phenoxy) is 1. The Morgan fingerprint density at radius 3 is 2.81 bits per heavy atom. The Bertz CT molecular complexity index is 332. The van der Waals surface area contributed by atoms with E-state index in [0.717, 1.165) is 19.6 Å². The Hall–Kier alpha value is -1.22. The molecule has 1 aromatic rings. The van der Waals surface area contributed by atoms with Crippen LogP contribution in [-0.2, 0) is 4.74 Å². The van der Waals surface area contributed by atoms with Crippen molar-refractivity contribution in [1.82, 2.24) is 0 Å². The molecule has 0 aliphatic carbocycles. The van der Waals surface area contributed by atoms with Crippen LogP contribution in [0.3, 0.4) is 0 Å². The summed E-state index contributed by atoms with van der Waals surface area (Å²) in [6, 6.07) is 8.85. The number of hydrogen-bond donors (Lipinski definition) is 1. The molecule has 1 fully saturated rings. The minimum Gasteiger partial charge on any atom is -0.379 e. The molecule has 0 amide bonds. The van der Waals surface area contributed by atoms with E-state index >= 15 is 0 Å². The van der Waals surface area contributed by atoms with Crippen LogP contribution in [0.15, 0.2) is 24.3 Å². The number of para-hydroxylation sites is 2. The zero-order valence-corrected chi connectivity index (χ0v) is 10.1. The molecular formula is C13H20N2O. The first kappa shape index (κ1) is 11.3. The summed E-state index contributed by atoms with van der Waals surface area (Å²) < 4.78 is 5.48. The average molecular weight is 220 g/mol. The molecule has 1 aliphatic rings. The van der Waals surface area contributed by atoms with Gasteiger partial charge < -0.3 is 15.0 Å². The van der Waals surface area contributed by atoms with E-state index in [4.69, 9.17) is 4.74 Å². The van der Waals surface area contributed by atoms with Crippen LogP contribution in [0.4, 0.5) is 11.4 Å². The van der Waals surface area contributed by atoms with E-state index in [1.165, 1.54) is 17.8 Å². The Balaban J connectivity index is 2.07. The van der Waals surface area contributed by atoms with Crippen LogP contribution in [0.2, 0.25) is 0 Å². The first-order valence-electron chi connectivity index (χ1n) is 5.88. The van der Waals surface area contributed by atoms with Gasteiger partial charge in [0.25, 0.3) is 0 Å². The lowest BCUT2D eigenvalue weighted by Crippen LogP contribution is -2.30. The maximum atomic E-state index is 5.48. The van der Waals surface area contributed by atoms with Crippen LogP contribution in [-0.4, -0.2) is 33.4 Å². The molecule has 1 atom stereocenters. The fourth-order valence-corrected chi connectivity index (χ4v) is 2.06. The van der Waals surface area contributed by atoms with Gasteiger partial charge in [-0.3, -0.25) is 0 Å². The van der Waals surface area contributed by atoms with Crippen molar-refractivity contribution in [3.05, 3.63) is 24.3 Å². The molecule has 1 heterocycles. The predicted octanol–water partition coefficient (Wildman–Crippen LogP) is 2.34. The van der Waals surface area contributed by atoms with E-state index in [1.807, 2.05) is 0 Å². The second-order valence-electron chi connectivity index (χ2n) is 4.47. The Morgan fingerprint density at radius 2 is 2.12 bits per heavy atom. The fourth-order valence-electron chi connectivity index (χ4n) is 2.06. The SMILES string of the molecule is CN(C)c1ccccc1NC1CCCOC1. The molecule has 3 heteroatoms. The van der Waals surface area contributed by atoms with Crippen LogP contribution in [0.5, 0.6) is 0 Å². The zero-order chi connectivity index (χ0) is 11.4. The van der Waals surface area contributed by atoms with Crippen LogP contribution in [0.25, 0.3) is 0 Å². The van der Waals surface area contributed by atoms with Crippen molar-refractivity contribution >= 4 is 11.4 Å². The van der Waals surface area contributed by atoms with Gasteiger partial charge in [0.15, 0.2) is 0 Å². The maximum Gasteiger partial charge on any atom is 0.0667 e. The molecule has 1 unspecified atom stereocenters.